The second-order valence-electron chi connectivity index (χ2n) is 8.84. The minimum absolute atomic E-state index is 0.0282. The van der Waals surface area contributed by atoms with Gasteiger partial charge in [0.2, 0.25) is 0 Å². The average Bonchev–Trinajstić information content (AvgIpc) is 3.71. The largest absolute Gasteiger partial charge is 0.484 e. The maximum atomic E-state index is 12.0. The molecule has 2 aliphatic rings. The van der Waals surface area contributed by atoms with Gasteiger partial charge in [0.05, 0.1) is 0 Å². The van der Waals surface area contributed by atoms with Crippen LogP contribution in [0.1, 0.15) is 37.3 Å². The third-order valence-electron chi connectivity index (χ3n) is 6.00. The number of nitrogens with zero attached hydrogens (tertiary/aromatic N) is 2. The fraction of sp³-hybridized carbons (Fsp3) is 0.250. The normalized spacial score (nSPS) is 16.1. The van der Waals surface area contributed by atoms with Gasteiger partial charge in [-0.25, -0.2) is 9.97 Å². The number of carbonyl (C=O) groups excluding carboxylic acids is 1. The fourth-order valence-electron chi connectivity index (χ4n) is 3.93. The van der Waals surface area contributed by atoms with Crippen molar-refractivity contribution in [1.29, 1.82) is 0 Å². The van der Waals surface area contributed by atoms with E-state index in [4.69, 9.17) is 9.72 Å². The van der Waals surface area contributed by atoms with Crippen molar-refractivity contribution < 1.29 is 9.53 Å². The molecule has 1 atom stereocenters. The summed E-state index contributed by atoms with van der Waals surface area (Å²) in [6, 6.07) is 14.4. The minimum atomic E-state index is -0.110. The van der Waals surface area contributed by atoms with Crippen molar-refractivity contribution >= 4 is 35.3 Å². The smallest absolute Gasteiger partial charge is 0.258 e. The Morgan fingerprint density at radius 1 is 1.23 bits per heavy atom. The van der Waals surface area contributed by atoms with Gasteiger partial charge in [0.15, 0.2) is 12.4 Å². The molecule has 1 amide bonds. The molecule has 0 bridgehead atoms. The maximum absolute atomic E-state index is 12.0. The first-order valence-corrected chi connectivity index (χ1v) is 12.0. The van der Waals surface area contributed by atoms with Crippen molar-refractivity contribution in [2.45, 2.75) is 38.3 Å². The SMILES string of the molecule is C=Cc1cc(OCC(=O)NC2CC2)cc(-c2nccc(Nc3ccc4c(c3)C=CC(CC)N4)n2)c1. The molecule has 35 heavy (non-hydrogen) atoms. The first-order chi connectivity index (χ1) is 17.1. The number of rotatable bonds is 9. The number of ether oxygens (including phenoxy) is 1. The fourth-order valence-corrected chi connectivity index (χ4v) is 3.93. The van der Waals surface area contributed by atoms with Gasteiger partial charge in [-0.05, 0) is 72.9 Å². The number of nitrogens with one attached hydrogen (secondary N) is 3. The number of benzene rings is 2. The third kappa shape index (κ3) is 5.69. The van der Waals surface area contributed by atoms with Gasteiger partial charge in [0, 0.05) is 35.2 Å². The number of amides is 1. The van der Waals surface area contributed by atoms with Crippen LogP contribution in [-0.2, 0) is 4.79 Å². The third-order valence-corrected chi connectivity index (χ3v) is 6.00. The van der Waals surface area contributed by atoms with Crippen molar-refractivity contribution in [3.63, 3.8) is 0 Å². The van der Waals surface area contributed by atoms with Crippen LogP contribution in [0.2, 0.25) is 0 Å². The van der Waals surface area contributed by atoms with E-state index in [9.17, 15) is 4.79 Å². The highest BCUT2D eigenvalue weighted by molar-refractivity contribution is 5.78. The average molecular weight is 468 g/mol. The molecule has 0 spiro atoms. The van der Waals surface area contributed by atoms with Gasteiger partial charge in [-0.3, -0.25) is 4.79 Å². The van der Waals surface area contributed by atoms with Crippen LogP contribution in [0.15, 0.2) is 61.3 Å². The Kier molecular flexibility index (Phi) is 6.48. The maximum Gasteiger partial charge on any atom is 0.258 e. The summed E-state index contributed by atoms with van der Waals surface area (Å²) in [4.78, 5) is 21.2. The molecule has 1 unspecified atom stereocenters. The quantitative estimate of drug-likeness (QED) is 0.390. The van der Waals surface area contributed by atoms with Crippen molar-refractivity contribution in [2.24, 2.45) is 0 Å². The molecule has 1 aliphatic heterocycles. The van der Waals surface area contributed by atoms with E-state index in [0.29, 0.717) is 29.5 Å². The topological polar surface area (TPSA) is 88.2 Å². The lowest BCUT2D eigenvalue weighted by molar-refractivity contribution is -0.123. The van der Waals surface area contributed by atoms with E-state index in [1.54, 1.807) is 12.3 Å². The zero-order chi connectivity index (χ0) is 24.2. The lowest BCUT2D eigenvalue weighted by Crippen LogP contribution is -2.30. The molecular weight excluding hydrogens is 438 g/mol. The van der Waals surface area contributed by atoms with E-state index >= 15 is 0 Å². The molecule has 0 saturated heterocycles. The van der Waals surface area contributed by atoms with Gasteiger partial charge < -0.3 is 20.7 Å². The predicted molar refractivity (Wildman–Crippen MR) is 141 cm³/mol. The molecule has 1 aliphatic carbocycles. The summed E-state index contributed by atoms with van der Waals surface area (Å²) in [6.07, 6.45) is 10.9. The van der Waals surface area contributed by atoms with Crippen LogP contribution in [0.5, 0.6) is 5.75 Å². The second-order valence-corrected chi connectivity index (χ2v) is 8.84. The molecule has 178 valence electrons. The summed E-state index contributed by atoms with van der Waals surface area (Å²) in [7, 11) is 0. The zero-order valence-corrected chi connectivity index (χ0v) is 19.8. The molecule has 1 fully saturated rings. The van der Waals surface area contributed by atoms with Gasteiger partial charge in [0.25, 0.3) is 5.91 Å². The second kappa shape index (κ2) is 10.0. The highest BCUT2D eigenvalue weighted by Crippen LogP contribution is 2.29. The zero-order valence-electron chi connectivity index (χ0n) is 19.8. The number of aromatic nitrogens is 2. The van der Waals surface area contributed by atoms with E-state index in [0.717, 1.165) is 47.3 Å². The number of hydrogen-bond acceptors (Lipinski definition) is 6. The summed E-state index contributed by atoms with van der Waals surface area (Å²) < 4.78 is 5.75. The molecule has 3 N–H and O–H groups in total. The number of hydrogen-bond donors (Lipinski definition) is 3. The Bertz CT molecular complexity index is 1280. The van der Waals surface area contributed by atoms with Gasteiger partial charge in [0.1, 0.15) is 11.6 Å². The van der Waals surface area contributed by atoms with Crippen LogP contribution in [-0.4, -0.2) is 34.6 Å². The highest BCUT2D eigenvalue weighted by atomic mass is 16.5. The summed E-state index contributed by atoms with van der Waals surface area (Å²) in [5, 5.41) is 9.84. The van der Waals surface area contributed by atoms with Crippen LogP contribution in [0.4, 0.5) is 17.2 Å². The van der Waals surface area contributed by atoms with E-state index in [2.05, 4.69) is 58.7 Å². The number of carbonyl (C=O) groups is 1. The minimum Gasteiger partial charge on any atom is -0.484 e. The Morgan fingerprint density at radius 3 is 2.91 bits per heavy atom. The molecular formula is C28H29N5O2. The number of anilines is 3. The summed E-state index contributed by atoms with van der Waals surface area (Å²) in [5.41, 5.74) is 4.86. The van der Waals surface area contributed by atoms with E-state index < -0.39 is 0 Å². The van der Waals surface area contributed by atoms with Crippen molar-refractivity contribution in [1.82, 2.24) is 15.3 Å². The molecule has 1 aromatic heterocycles. The highest BCUT2D eigenvalue weighted by Gasteiger charge is 2.23. The Labute approximate surface area is 205 Å². The Morgan fingerprint density at radius 2 is 2.11 bits per heavy atom. The molecule has 7 nitrogen and oxygen atoms in total. The molecule has 0 radical (unpaired) electrons. The van der Waals surface area contributed by atoms with Crippen LogP contribution in [0, 0.1) is 0 Å². The lowest BCUT2D eigenvalue weighted by Gasteiger charge is -2.21. The molecule has 2 heterocycles. The molecule has 1 saturated carbocycles. The standard InChI is InChI=1S/C28H29N5O2/c1-3-18-13-20(16-24(14-18)35-17-27(34)32-22-7-8-22)28-29-12-11-26(33-28)31-23-9-10-25-19(15-23)5-6-21(4-2)30-25/h3,5-6,9-16,21-22,30H,1,4,7-8,17H2,2H3,(H,32,34)(H,29,31,33). The summed E-state index contributed by atoms with van der Waals surface area (Å²) in [5.74, 6) is 1.70. The van der Waals surface area contributed by atoms with Gasteiger partial charge in [-0.1, -0.05) is 31.7 Å². The van der Waals surface area contributed by atoms with Crippen LogP contribution >= 0.6 is 0 Å². The van der Waals surface area contributed by atoms with E-state index in [1.165, 1.54) is 0 Å². The predicted octanol–water partition coefficient (Wildman–Crippen LogP) is 5.40. The monoisotopic (exact) mass is 467 g/mol. The molecule has 2 aromatic carbocycles. The lowest BCUT2D eigenvalue weighted by atomic mass is 10.0. The van der Waals surface area contributed by atoms with Gasteiger partial charge in [-0.2, -0.15) is 0 Å². The Hall–Kier alpha value is -4.13. The summed E-state index contributed by atoms with van der Waals surface area (Å²) in [6.45, 7) is 6.01. The van der Waals surface area contributed by atoms with Crippen molar-refractivity contribution in [2.75, 3.05) is 17.2 Å². The first kappa shape index (κ1) is 22.7. The van der Waals surface area contributed by atoms with Crippen molar-refractivity contribution in [3.8, 4) is 17.1 Å². The molecule has 7 heteroatoms. The Balaban J connectivity index is 1.32. The molecule has 5 rings (SSSR count). The van der Waals surface area contributed by atoms with Crippen LogP contribution < -0.4 is 20.7 Å². The van der Waals surface area contributed by atoms with Gasteiger partial charge >= 0.3 is 0 Å². The number of fused-ring (bicyclic) bond motifs is 1. The van der Waals surface area contributed by atoms with Crippen molar-refractivity contribution in [3.05, 3.63) is 72.4 Å². The van der Waals surface area contributed by atoms with E-state index in [1.807, 2.05) is 30.3 Å². The summed E-state index contributed by atoms with van der Waals surface area (Å²) >= 11 is 0. The van der Waals surface area contributed by atoms with Gasteiger partial charge in [-0.15, -0.1) is 0 Å². The van der Waals surface area contributed by atoms with E-state index in [-0.39, 0.29) is 12.5 Å². The molecule has 3 aromatic rings. The first-order valence-electron chi connectivity index (χ1n) is 12.0. The van der Waals surface area contributed by atoms with Crippen LogP contribution in [0.3, 0.4) is 0 Å². The van der Waals surface area contributed by atoms with Crippen LogP contribution in [0.25, 0.3) is 23.5 Å².